The Hall–Kier alpha value is -6.37. The van der Waals surface area contributed by atoms with Gasteiger partial charge in [0.05, 0.1) is 25.9 Å². The lowest BCUT2D eigenvalue weighted by molar-refractivity contribution is -0.129. The molecule has 52 heavy (non-hydrogen) atoms. The van der Waals surface area contributed by atoms with Gasteiger partial charge >= 0.3 is 0 Å². The third-order valence-electron chi connectivity index (χ3n) is 7.23. The van der Waals surface area contributed by atoms with Crippen LogP contribution in [0.25, 0.3) is 0 Å². The number of hydrogen-bond donors (Lipinski definition) is 6. The number of para-hydroxylation sites is 2. The van der Waals surface area contributed by atoms with E-state index >= 15 is 0 Å². The molecule has 0 aliphatic heterocycles. The summed E-state index contributed by atoms with van der Waals surface area (Å²) in [4.78, 5) is 71.6. The topological polar surface area (TPSA) is 175 Å². The van der Waals surface area contributed by atoms with E-state index in [1.54, 1.807) is 55.5 Å². The number of anilines is 2. The van der Waals surface area contributed by atoms with E-state index in [1.165, 1.54) is 31.2 Å². The summed E-state index contributed by atoms with van der Waals surface area (Å²) in [5.41, 5.74) is 3.89. The number of benzene rings is 4. The van der Waals surface area contributed by atoms with Crippen LogP contribution in [-0.2, 0) is 41.6 Å². The summed E-state index contributed by atoms with van der Waals surface area (Å²) in [5.74, 6) is -2.57. The van der Waals surface area contributed by atoms with Crippen molar-refractivity contribution in [1.82, 2.24) is 21.3 Å². The molecule has 4 aromatic carbocycles. The van der Waals surface area contributed by atoms with Gasteiger partial charge in [-0.2, -0.15) is 0 Å². The van der Waals surface area contributed by atoms with E-state index in [9.17, 15) is 33.2 Å². The fraction of sp³-hybridized carbons (Fsp3) is 0.231. The molecule has 0 unspecified atom stereocenters. The molecule has 0 aliphatic rings. The molecule has 4 rings (SSSR count). The maximum absolute atomic E-state index is 12.8. The van der Waals surface area contributed by atoms with Crippen molar-refractivity contribution in [2.24, 2.45) is 0 Å². The third-order valence-corrected chi connectivity index (χ3v) is 7.23. The van der Waals surface area contributed by atoms with Gasteiger partial charge in [0, 0.05) is 11.4 Å². The molecular weight excluding hydrogens is 667 g/mol. The lowest BCUT2D eigenvalue weighted by Gasteiger charge is -2.14. The van der Waals surface area contributed by atoms with Crippen molar-refractivity contribution in [2.45, 2.75) is 45.7 Å². The van der Waals surface area contributed by atoms with Crippen LogP contribution in [0.5, 0.6) is 0 Å². The molecule has 4 aromatic rings. The molecule has 2 atom stereocenters. The lowest BCUT2D eigenvalue weighted by atomic mass is 10.1. The zero-order chi connectivity index (χ0) is 37.9. The second kappa shape index (κ2) is 21.0. The predicted molar refractivity (Wildman–Crippen MR) is 196 cm³/mol. The molecule has 0 saturated heterocycles. The summed E-state index contributed by atoms with van der Waals surface area (Å²) in [5, 5.41) is 15.5. The molecule has 0 saturated carbocycles. The highest BCUT2D eigenvalue weighted by Gasteiger charge is 2.18. The Labute approximate surface area is 302 Å². The van der Waals surface area contributed by atoms with E-state index in [2.05, 4.69) is 31.9 Å². The maximum atomic E-state index is 12.8. The number of aryl methyl sites for hydroxylation is 1. The maximum Gasteiger partial charge on any atom is 0.243 e. The van der Waals surface area contributed by atoms with E-state index in [4.69, 9.17) is 0 Å². The first-order chi connectivity index (χ1) is 24.9. The van der Waals surface area contributed by atoms with E-state index < -0.39 is 23.9 Å². The molecule has 0 heterocycles. The van der Waals surface area contributed by atoms with Gasteiger partial charge in [-0.05, 0) is 68.3 Å². The highest BCUT2D eigenvalue weighted by atomic mass is 19.1. The van der Waals surface area contributed by atoms with E-state index in [0.29, 0.717) is 16.9 Å². The standard InChI is InChI=1S/C20H23N3O3.C19H20FN3O3/c1-14-7-6-8-16(11-14)12-18(24)22-15(2)20(26)21-13-19(25)23-17-9-4-3-5-10-17;1-13(22-17(24)11-14-7-9-15(20)10-8-14)19(26)21-12-18(25)23-16-5-3-2-4-6-16/h3-11,15H,12-13H2,1-2H3,(H,21,26)(H,22,24)(H,23,25);2-10,13H,11-12H2,1H3,(H,21,26)(H,22,24)(H,23,25)/t15-;13-/m00/s1. The van der Waals surface area contributed by atoms with Crippen LogP contribution in [0.4, 0.5) is 15.8 Å². The van der Waals surface area contributed by atoms with Crippen molar-refractivity contribution in [3.63, 3.8) is 0 Å². The van der Waals surface area contributed by atoms with Crippen LogP contribution in [-0.4, -0.2) is 60.6 Å². The molecule has 6 N–H and O–H groups in total. The van der Waals surface area contributed by atoms with Crippen LogP contribution in [0.1, 0.15) is 30.5 Å². The molecular formula is C39H43FN6O6. The number of hydrogen-bond acceptors (Lipinski definition) is 6. The zero-order valence-electron chi connectivity index (χ0n) is 29.2. The smallest absolute Gasteiger partial charge is 0.243 e. The number of nitrogens with one attached hydrogen (secondary N) is 6. The first-order valence-corrected chi connectivity index (χ1v) is 16.5. The highest BCUT2D eigenvalue weighted by molar-refractivity contribution is 5.97. The van der Waals surface area contributed by atoms with Crippen LogP contribution in [0.3, 0.4) is 0 Å². The van der Waals surface area contributed by atoms with Crippen LogP contribution < -0.4 is 31.9 Å². The summed E-state index contributed by atoms with van der Waals surface area (Å²) in [7, 11) is 0. The average molecular weight is 711 g/mol. The van der Waals surface area contributed by atoms with Crippen molar-refractivity contribution < 1.29 is 33.2 Å². The third kappa shape index (κ3) is 15.5. The van der Waals surface area contributed by atoms with Crippen molar-refractivity contribution in [2.75, 3.05) is 23.7 Å². The van der Waals surface area contributed by atoms with Crippen LogP contribution >= 0.6 is 0 Å². The Morgan fingerprint density at radius 1 is 0.538 bits per heavy atom. The van der Waals surface area contributed by atoms with Crippen LogP contribution in [0.15, 0.2) is 109 Å². The SMILES string of the molecule is C[C@H](NC(=O)Cc1ccc(F)cc1)C(=O)NCC(=O)Nc1ccccc1.Cc1cccc(CC(=O)N[C@@H](C)C(=O)NCC(=O)Nc2ccccc2)c1. The number of rotatable bonds is 14. The largest absolute Gasteiger partial charge is 0.345 e. The number of carbonyl (C=O) groups is 6. The number of carbonyl (C=O) groups excluding carboxylic acids is 6. The molecule has 0 fully saturated rings. The molecule has 0 aromatic heterocycles. The fourth-order valence-electron chi connectivity index (χ4n) is 4.61. The Morgan fingerprint density at radius 2 is 0.981 bits per heavy atom. The molecule has 272 valence electrons. The second-order valence-electron chi connectivity index (χ2n) is 11.8. The van der Waals surface area contributed by atoms with Gasteiger partial charge in [0.15, 0.2) is 0 Å². The van der Waals surface area contributed by atoms with Crippen molar-refractivity contribution in [3.8, 4) is 0 Å². The Morgan fingerprint density at radius 3 is 1.42 bits per heavy atom. The minimum absolute atomic E-state index is 0.0341. The summed E-state index contributed by atoms with van der Waals surface area (Å²) >= 11 is 0. The van der Waals surface area contributed by atoms with Gasteiger partial charge in [-0.3, -0.25) is 28.8 Å². The molecule has 13 heteroatoms. The molecule has 0 radical (unpaired) electrons. The first-order valence-electron chi connectivity index (χ1n) is 16.5. The van der Waals surface area contributed by atoms with Gasteiger partial charge in [0.25, 0.3) is 0 Å². The lowest BCUT2D eigenvalue weighted by Crippen LogP contribution is -2.47. The minimum Gasteiger partial charge on any atom is -0.345 e. The summed E-state index contributed by atoms with van der Waals surface area (Å²) in [6.07, 6.45) is 0.236. The number of amides is 6. The Bertz CT molecular complexity index is 1810. The van der Waals surface area contributed by atoms with Crippen LogP contribution in [0.2, 0.25) is 0 Å². The summed E-state index contributed by atoms with van der Waals surface area (Å²) in [6, 6.07) is 29.5. The van der Waals surface area contributed by atoms with Gasteiger partial charge in [0.1, 0.15) is 17.9 Å². The van der Waals surface area contributed by atoms with Crippen LogP contribution in [0, 0.1) is 12.7 Å². The van der Waals surface area contributed by atoms with Gasteiger partial charge in [-0.15, -0.1) is 0 Å². The fourth-order valence-corrected chi connectivity index (χ4v) is 4.61. The second-order valence-corrected chi connectivity index (χ2v) is 11.8. The molecule has 0 aliphatic carbocycles. The van der Waals surface area contributed by atoms with Gasteiger partial charge < -0.3 is 31.9 Å². The summed E-state index contributed by atoms with van der Waals surface area (Å²) in [6.45, 7) is 4.70. The minimum atomic E-state index is -0.799. The van der Waals surface area contributed by atoms with Crippen molar-refractivity contribution in [3.05, 3.63) is 132 Å². The van der Waals surface area contributed by atoms with Gasteiger partial charge in [-0.25, -0.2) is 4.39 Å². The normalized spacial score (nSPS) is 11.3. The Balaban J connectivity index is 0.000000280. The van der Waals surface area contributed by atoms with E-state index in [-0.39, 0.29) is 55.4 Å². The van der Waals surface area contributed by atoms with E-state index in [0.717, 1.165) is 11.1 Å². The first kappa shape index (κ1) is 40.1. The number of halogens is 1. The quantitative estimate of drug-likeness (QED) is 0.117. The predicted octanol–water partition coefficient (Wildman–Crippen LogP) is 3.42. The summed E-state index contributed by atoms with van der Waals surface area (Å²) < 4.78 is 12.8. The van der Waals surface area contributed by atoms with Gasteiger partial charge in [-0.1, -0.05) is 78.4 Å². The molecule has 0 bridgehead atoms. The van der Waals surface area contributed by atoms with E-state index in [1.807, 2.05) is 43.3 Å². The molecule has 6 amide bonds. The zero-order valence-corrected chi connectivity index (χ0v) is 29.2. The molecule has 12 nitrogen and oxygen atoms in total. The van der Waals surface area contributed by atoms with Gasteiger partial charge in [0.2, 0.25) is 35.4 Å². The Kier molecular flexibility index (Phi) is 16.2. The highest BCUT2D eigenvalue weighted by Crippen LogP contribution is 2.07. The average Bonchev–Trinajstić information content (AvgIpc) is 3.11. The van der Waals surface area contributed by atoms with Crippen molar-refractivity contribution >= 4 is 46.8 Å². The monoisotopic (exact) mass is 710 g/mol. The molecule has 0 spiro atoms. The van der Waals surface area contributed by atoms with Crippen molar-refractivity contribution in [1.29, 1.82) is 0 Å².